The predicted molar refractivity (Wildman–Crippen MR) is 78.6 cm³/mol. The van der Waals surface area contributed by atoms with Crippen LogP contribution in [-0.4, -0.2) is 43.8 Å². The summed E-state index contributed by atoms with van der Waals surface area (Å²) in [6.45, 7) is 1.53. The fourth-order valence-electron chi connectivity index (χ4n) is 2.34. The lowest BCUT2D eigenvalue weighted by molar-refractivity contribution is -0.121. The van der Waals surface area contributed by atoms with Crippen LogP contribution in [-0.2, 0) is 14.6 Å². The van der Waals surface area contributed by atoms with E-state index in [1.807, 2.05) is 0 Å². The van der Waals surface area contributed by atoms with Crippen LogP contribution < -0.4 is 10.6 Å². The number of amides is 2. The quantitative estimate of drug-likeness (QED) is 0.825. The van der Waals surface area contributed by atoms with Crippen molar-refractivity contribution in [3.8, 4) is 0 Å². The lowest BCUT2D eigenvalue weighted by Gasteiger charge is -2.23. The Labute approximate surface area is 123 Å². The number of nitrogens with one attached hydrogen (secondary N) is 2. The number of hydrogen-bond acceptors (Lipinski definition) is 4. The van der Waals surface area contributed by atoms with E-state index in [-0.39, 0.29) is 29.9 Å². The highest BCUT2D eigenvalue weighted by Crippen LogP contribution is 2.22. The molecule has 2 amide bonds. The summed E-state index contributed by atoms with van der Waals surface area (Å²) >= 11 is 0. The van der Waals surface area contributed by atoms with Gasteiger partial charge in [-0.05, 0) is 25.5 Å². The van der Waals surface area contributed by atoms with Crippen molar-refractivity contribution in [1.82, 2.24) is 10.6 Å². The summed E-state index contributed by atoms with van der Waals surface area (Å²) < 4.78 is 22.9. The minimum Gasteiger partial charge on any atom is -0.348 e. The molecule has 1 saturated heterocycles. The Bertz CT molecular complexity index is 642. The van der Waals surface area contributed by atoms with Crippen LogP contribution in [0.5, 0.6) is 0 Å². The Kier molecular flexibility index (Phi) is 4.32. The largest absolute Gasteiger partial charge is 0.348 e. The number of carbonyl (C=O) groups excluding carboxylic acids is 2. The molecule has 0 saturated carbocycles. The number of rotatable bonds is 4. The molecule has 0 bridgehead atoms. The van der Waals surface area contributed by atoms with Crippen LogP contribution in [0.15, 0.2) is 30.3 Å². The van der Waals surface area contributed by atoms with Crippen molar-refractivity contribution >= 4 is 21.7 Å². The summed E-state index contributed by atoms with van der Waals surface area (Å²) in [5.74, 6) is -0.702. The van der Waals surface area contributed by atoms with E-state index in [0.29, 0.717) is 12.0 Å². The SMILES string of the molecule is CC1(NC(=O)CNC(=O)c2ccccc2)CCS(=O)(=O)C1. The first-order valence-electron chi connectivity index (χ1n) is 6.64. The van der Waals surface area contributed by atoms with Crippen molar-refractivity contribution in [3.05, 3.63) is 35.9 Å². The van der Waals surface area contributed by atoms with Gasteiger partial charge < -0.3 is 10.6 Å². The van der Waals surface area contributed by atoms with E-state index < -0.39 is 15.4 Å². The summed E-state index contributed by atoms with van der Waals surface area (Å²) in [5.41, 5.74) is -0.270. The van der Waals surface area contributed by atoms with Gasteiger partial charge in [0.2, 0.25) is 5.91 Å². The van der Waals surface area contributed by atoms with E-state index in [0.717, 1.165) is 0 Å². The number of sulfone groups is 1. The first kappa shape index (κ1) is 15.5. The van der Waals surface area contributed by atoms with Crippen LogP contribution in [0, 0.1) is 0 Å². The van der Waals surface area contributed by atoms with Gasteiger partial charge in [0, 0.05) is 5.56 Å². The smallest absolute Gasteiger partial charge is 0.251 e. The van der Waals surface area contributed by atoms with Crippen LogP contribution >= 0.6 is 0 Å². The van der Waals surface area contributed by atoms with E-state index in [1.165, 1.54) is 0 Å². The Morgan fingerprint density at radius 2 is 1.90 bits per heavy atom. The maximum absolute atomic E-state index is 11.8. The van der Waals surface area contributed by atoms with E-state index >= 15 is 0 Å². The molecule has 1 aliphatic heterocycles. The molecule has 1 unspecified atom stereocenters. The molecule has 1 aliphatic rings. The van der Waals surface area contributed by atoms with Crippen LogP contribution in [0.1, 0.15) is 23.7 Å². The Balaban J connectivity index is 1.85. The normalized spacial score (nSPS) is 23.5. The molecule has 114 valence electrons. The van der Waals surface area contributed by atoms with Gasteiger partial charge in [0.25, 0.3) is 5.91 Å². The fraction of sp³-hybridized carbons (Fsp3) is 0.429. The second-order valence-corrected chi connectivity index (χ2v) is 7.68. The average Bonchev–Trinajstić information content (AvgIpc) is 2.70. The number of benzene rings is 1. The monoisotopic (exact) mass is 310 g/mol. The lowest BCUT2D eigenvalue weighted by atomic mass is 10.0. The number of carbonyl (C=O) groups is 2. The van der Waals surface area contributed by atoms with Crippen molar-refractivity contribution in [2.75, 3.05) is 18.1 Å². The molecule has 1 aromatic carbocycles. The molecule has 0 aliphatic carbocycles. The molecule has 1 aromatic rings. The second kappa shape index (κ2) is 5.85. The van der Waals surface area contributed by atoms with Gasteiger partial charge in [-0.3, -0.25) is 9.59 Å². The molecule has 1 heterocycles. The summed E-state index contributed by atoms with van der Waals surface area (Å²) in [7, 11) is -3.08. The van der Waals surface area contributed by atoms with Crippen molar-refractivity contribution in [2.24, 2.45) is 0 Å². The maximum Gasteiger partial charge on any atom is 0.251 e. The zero-order valence-corrected chi connectivity index (χ0v) is 12.6. The summed E-state index contributed by atoms with van der Waals surface area (Å²) in [6, 6.07) is 8.57. The standard InChI is InChI=1S/C14H18N2O4S/c1-14(7-8-21(19,20)10-14)16-12(17)9-15-13(18)11-5-3-2-4-6-11/h2-6H,7-10H2,1H3,(H,15,18)(H,16,17). The third-order valence-electron chi connectivity index (χ3n) is 3.39. The van der Waals surface area contributed by atoms with Gasteiger partial charge in [0.05, 0.1) is 23.6 Å². The molecule has 6 nitrogen and oxygen atoms in total. The van der Waals surface area contributed by atoms with E-state index in [9.17, 15) is 18.0 Å². The topological polar surface area (TPSA) is 92.3 Å². The fourth-order valence-corrected chi connectivity index (χ4v) is 4.44. The van der Waals surface area contributed by atoms with Gasteiger partial charge in [-0.15, -0.1) is 0 Å². The molecular weight excluding hydrogens is 292 g/mol. The Morgan fingerprint density at radius 3 is 2.48 bits per heavy atom. The van der Waals surface area contributed by atoms with Crippen molar-refractivity contribution in [1.29, 1.82) is 0 Å². The number of hydrogen-bond donors (Lipinski definition) is 2. The third kappa shape index (κ3) is 4.29. The van der Waals surface area contributed by atoms with Crippen LogP contribution in [0.25, 0.3) is 0 Å². The highest BCUT2D eigenvalue weighted by Gasteiger charge is 2.39. The molecule has 2 rings (SSSR count). The molecule has 21 heavy (non-hydrogen) atoms. The van der Waals surface area contributed by atoms with Gasteiger partial charge in [-0.2, -0.15) is 0 Å². The van der Waals surface area contributed by atoms with Crippen LogP contribution in [0.2, 0.25) is 0 Å². The molecule has 0 spiro atoms. The Morgan fingerprint density at radius 1 is 1.24 bits per heavy atom. The van der Waals surface area contributed by atoms with Crippen molar-refractivity contribution < 1.29 is 18.0 Å². The first-order chi connectivity index (χ1) is 9.80. The van der Waals surface area contributed by atoms with E-state index in [2.05, 4.69) is 10.6 Å². The molecule has 1 atom stereocenters. The Hall–Kier alpha value is -1.89. The van der Waals surface area contributed by atoms with E-state index in [1.54, 1.807) is 37.3 Å². The molecule has 0 aromatic heterocycles. The van der Waals surface area contributed by atoms with Crippen LogP contribution in [0.3, 0.4) is 0 Å². The predicted octanol–water partition coefficient (Wildman–Crippen LogP) is 0.110. The summed E-state index contributed by atoms with van der Waals surface area (Å²) in [6.07, 6.45) is 0.397. The first-order valence-corrected chi connectivity index (χ1v) is 8.47. The third-order valence-corrected chi connectivity index (χ3v) is 5.29. The summed E-state index contributed by atoms with van der Waals surface area (Å²) in [4.78, 5) is 23.6. The average molecular weight is 310 g/mol. The lowest BCUT2D eigenvalue weighted by Crippen LogP contribution is -2.50. The van der Waals surface area contributed by atoms with E-state index in [4.69, 9.17) is 0 Å². The zero-order valence-electron chi connectivity index (χ0n) is 11.8. The molecular formula is C14H18N2O4S. The zero-order chi connectivity index (χ0) is 15.5. The minimum absolute atomic E-state index is 0.0572. The van der Waals surface area contributed by atoms with Gasteiger partial charge >= 0.3 is 0 Å². The maximum atomic E-state index is 11.8. The highest BCUT2D eigenvalue weighted by molar-refractivity contribution is 7.91. The molecule has 7 heteroatoms. The van der Waals surface area contributed by atoms with Gasteiger partial charge in [-0.1, -0.05) is 18.2 Å². The van der Waals surface area contributed by atoms with Gasteiger partial charge in [0.15, 0.2) is 9.84 Å². The second-order valence-electron chi connectivity index (χ2n) is 5.50. The molecule has 1 fully saturated rings. The molecule has 2 N–H and O–H groups in total. The van der Waals surface area contributed by atoms with Crippen molar-refractivity contribution in [2.45, 2.75) is 18.9 Å². The highest BCUT2D eigenvalue weighted by atomic mass is 32.2. The summed E-state index contributed by atoms with van der Waals surface area (Å²) in [5, 5.41) is 5.20. The minimum atomic E-state index is -3.08. The van der Waals surface area contributed by atoms with Crippen LogP contribution in [0.4, 0.5) is 0 Å². The van der Waals surface area contributed by atoms with Gasteiger partial charge in [-0.25, -0.2) is 8.42 Å². The van der Waals surface area contributed by atoms with Crippen molar-refractivity contribution in [3.63, 3.8) is 0 Å². The van der Waals surface area contributed by atoms with Gasteiger partial charge in [0.1, 0.15) is 0 Å². The molecule has 0 radical (unpaired) electrons.